The van der Waals surface area contributed by atoms with Crippen LogP contribution in [0.5, 0.6) is 0 Å². The molecule has 19 heavy (non-hydrogen) atoms. The molecule has 0 rings (SSSR count). The molecule has 0 spiro atoms. The van der Waals surface area contributed by atoms with E-state index in [0.29, 0.717) is 5.76 Å². The second-order valence-corrected chi connectivity index (χ2v) is 25.9. The number of aliphatic hydroxyl groups is 1. The Hall–Kier alpha value is 1.59. The third kappa shape index (κ3) is 13.0. The van der Waals surface area contributed by atoms with Crippen LogP contribution in [-0.4, -0.2) is 19.5 Å². The van der Waals surface area contributed by atoms with Gasteiger partial charge in [-0.15, -0.1) is 0 Å². The first-order valence-corrected chi connectivity index (χ1v) is 17.4. The van der Waals surface area contributed by atoms with Crippen molar-refractivity contribution < 1.29 is 21.9 Å². The van der Waals surface area contributed by atoms with Crippen molar-refractivity contribution in [3.05, 3.63) is 11.8 Å². The Morgan fingerprint density at radius 1 is 1.21 bits per heavy atom. The maximum atomic E-state index is 9.51. The van der Waals surface area contributed by atoms with Gasteiger partial charge < -0.3 is 9.53 Å². The number of hydrogen-bond acceptors (Lipinski definition) is 2. The summed E-state index contributed by atoms with van der Waals surface area (Å²) in [6.07, 6.45) is 1.51. The standard InChI is InChI=1S/C11H24O2Si.4ClH.Ti/c1-8-10(12)9(2)13-14(6,7)11(3,4)5;;;;;/h8-9,12H,1-7H3;4*1H;/q;;;;;+4/p-4/b10-8-;;;;;/t9-;;;;;/m0...../s1. The summed E-state index contributed by atoms with van der Waals surface area (Å²) in [5.41, 5.74) is 0. The molecule has 116 valence electrons. The normalized spacial score (nSPS) is 15.6. The van der Waals surface area contributed by atoms with Gasteiger partial charge in [-0.25, -0.2) is 0 Å². The Kier molecular flexibility index (Phi) is 10.7. The Morgan fingerprint density at radius 3 is 1.74 bits per heavy atom. The molecule has 0 aromatic carbocycles. The zero-order valence-corrected chi connectivity index (χ0v) is 18.1. The van der Waals surface area contributed by atoms with Crippen LogP contribution in [0, 0.1) is 0 Å². The topological polar surface area (TPSA) is 29.5 Å². The van der Waals surface area contributed by atoms with E-state index in [0.717, 1.165) is 0 Å². The van der Waals surface area contributed by atoms with Crippen LogP contribution < -0.4 is 0 Å². The summed E-state index contributed by atoms with van der Waals surface area (Å²) in [7, 11) is 18.3. The molecule has 0 aliphatic heterocycles. The quantitative estimate of drug-likeness (QED) is 0.422. The molecule has 0 saturated carbocycles. The van der Waals surface area contributed by atoms with Crippen molar-refractivity contribution in [1.29, 1.82) is 0 Å². The van der Waals surface area contributed by atoms with Crippen LogP contribution in [0.3, 0.4) is 0 Å². The SMILES string of the molecule is C/C=C(\O)[C@H](C)O[Si](C)(C)C(C)(C)C.[Cl][Ti]([Cl])([Cl])[Cl]. The molecule has 0 aromatic rings. The fraction of sp³-hybridized carbons (Fsp3) is 0.818. The van der Waals surface area contributed by atoms with E-state index >= 15 is 0 Å². The van der Waals surface area contributed by atoms with E-state index in [4.69, 9.17) is 41.6 Å². The monoisotopic (exact) mass is 404 g/mol. The van der Waals surface area contributed by atoms with Gasteiger partial charge in [-0.2, -0.15) is 0 Å². The molecule has 8 heteroatoms. The van der Waals surface area contributed by atoms with Crippen LogP contribution in [0.4, 0.5) is 0 Å². The Morgan fingerprint density at radius 2 is 1.53 bits per heavy atom. The molecule has 1 atom stereocenters. The van der Waals surface area contributed by atoms with Gasteiger partial charge in [0.15, 0.2) is 8.32 Å². The van der Waals surface area contributed by atoms with E-state index in [1.165, 1.54) is 0 Å². The summed E-state index contributed by atoms with van der Waals surface area (Å²) < 4.78 is 5.98. The van der Waals surface area contributed by atoms with E-state index in [2.05, 4.69) is 33.9 Å². The first-order valence-electron chi connectivity index (χ1n) is 5.90. The van der Waals surface area contributed by atoms with Crippen molar-refractivity contribution >= 4 is 45.5 Å². The van der Waals surface area contributed by atoms with Crippen LogP contribution in [0.1, 0.15) is 34.6 Å². The van der Waals surface area contributed by atoms with Crippen molar-refractivity contribution in [2.45, 2.75) is 58.9 Å². The van der Waals surface area contributed by atoms with Crippen molar-refractivity contribution in [3.63, 3.8) is 0 Å². The third-order valence-corrected chi connectivity index (χ3v) is 7.55. The van der Waals surface area contributed by atoms with Gasteiger partial charge in [-0.3, -0.25) is 0 Å². The number of halogens is 4. The Bertz CT molecular complexity index is 292. The van der Waals surface area contributed by atoms with Crippen molar-refractivity contribution in [3.8, 4) is 0 Å². The third-order valence-electron chi connectivity index (χ3n) is 2.99. The van der Waals surface area contributed by atoms with Gasteiger partial charge in [0.05, 0.1) is 6.10 Å². The fourth-order valence-electron chi connectivity index (χ4n) is 0.914. The van der Waals surface area contributed by atoms with E-state index in [-0.39, 0.29) is 11.1 Å². The van der Waals surface area contributed by atoms with Gasteiger partial charge in [0.2, 0.25) is 0 Å². The van der Waals surface area contributed by atoms with E-state index < -0.39 is 20.7 Å². The van der Waals surface area contributed by atoms with Gasteiger partial charge in [0.1, 0.15) is 5.76 Å². The molecule has 0 amide bonds. The summed E-state index contributed by atoms with van der Waals surface area (Å²) in [5, 5.41) is 9.70. The Labute approximate surface area is 137 Å². The van der Waals surface area contributed by atoms with Crippen LogP contribution >= 0.6 is 37.2 Å². The van der Waals surface area contributed by atoms with Crippen molar-refractivity contribution in [2.24, 2.45) is 0 Å². The van der Waals surface area contributed by atoms with E-state index in [1.54, 1.807) is 6.08 Å². The minimum atomic E-state index is -3.11. The summed E-state index contributed by atoms with van der Waals surface area (Å²) in [6, 6.07) is 0. The molecule has 0 fully saturated rings. The summed E-state index contributed by atoms with van der Waals surface area (Å²) in [4.78, 5) is 0. The molecular weight excluding hydrogens is 382 g/mol. The summed E-state index contributed by atoms with van der Waals surface area (Å²) in [6.45, 7) is 14.7. The van der Waals surface area contributed by atoms with Gasteiger partial charge in [-0.05, 0) is 38.1 Å². The molecule has 1 N–H and O–H groups in total. The predicted octanol–water partition coefficient (Wildman–Crippen LogP) is 6.61. The molecule has 0 aliphatic rings. The average molecular weight is 406 g/mol. The van der Waals surface area contributed by atoms with Crippen LogP contribution in [0.15, 0.2) is 11.8 Å². The van der Waals surface area contributed by atoms with Crippen LogP contribution in [0.25, 0.3) is 0 Å². The zero-order chi connectivity index (χ0) is 16.1. The van der Waals surface area contributed by atoms with Gasteiger partial charge >= 0.3 is 49.6 Å². The maximum absolute atomic E-state index is 9.51. The van der Waals surface area contributed by atoms with Crippen LogP contribution in [-0.2, 0) is 16.8 Å². The molecular formula is C11H24Cl4O2SiTi. The van der Waals surface area contributed by atoms with Gasteiger partial charge in [0.25, 0.3) is 0 Å². The second-order valence-electron chi connectivity index (χ2n) is 5.66. The first kappa shape index (κ1) is 22.9. The van der Waals surface area contributed by atoms with E-state index in [9.17, 15) is 5.11 Å². The van der Waals surface area contributed by atoms with Gasteiger partial charge in [-0.1, -0.05) is 20.8 Å². The van der Waals surface area contributed by atoms with Crippen LogP contribution in [0.2, 0.25) is 18.1 Å². The number of allylic oxidation sites excluding steroid dienone is 1. The molecule has 0 aliphatic carbocycles. The summed E-state index contributed by atoms with van der Waals surface area (Å²) >= 11 is -3.11. The molecule has 0 heterocycles. The minimum absolute atomic E-state index is 0.180. The van der Waals surface area contributed by atoms with E-state index in [1.807, 2.05) is 13.8 Å². The number of rotatable bonds is 3. The number of aliphatic hydroxyl groups excluding tert-OH is 1. The molecule has 2 nitrogen and oxygen atoms in total. The van der Waals surface area contributed by atoms with Crippen molar-refractivity contribution in [2.75, 3.05) is 0 Å². The molecule has 0 radical (unpaired) electrons. The Balaban J connectivity index is 0. The average Bonchev–Trinajstić information content (AvgIpc) is 2.11. The molecule has 0 aromatic heterocycles. The second kappa shape index (κ2) is 8.89. The summed E-state index contributed by atoms with van der Waals surface area (Å²) in [5.74, 6) is 0.329. The fourth-order valence-corrected chi connectivity index (χ4v) is 2.27. The number of hydrogen-bond donors (Lipinski definition) is 1. The zero-order valence-electron chi connectivity index (χ0n) is 12.5. The first-order chi connectivity index (χ1) is 8.12. The van der Waals surface area contributed by atoms with Crippen molar-refractivity contribution in [1.82, 2.24) is 0 Å². The molecule has 0 bridgehead atoms. The van der Waals surface area contributed by atoms with Gasteiger partial charge in [0, 0.05) is 0 Å². The molecule has 0 unspecified atom stereocenters. The molecule has 0 saturated heterocycles. The predicted molar refractivity (Wildman–Crippen MR) is 87.5 cm³/mol.